The minimum atomic E-state index is -4.36. The summed E-state index contributed by atoms with van der Waals surface area (Å²) in [4.78, 5) is 0. The molecule has 2 aromatic rings. The maximum absolute atomic E-state index is 12.6. The predicted octanol–water partition coefficient (Wildman–Crippen LogP) is 4.01. The Morgan fingerprint density at radius 1 is 1.10 bits per heavy atom. The van der Waals surface area contributed by atoms with E-state index in [2.05, 4.69) is 0 Å². The van der Waals surface area contributed by atoms with Gasteiger partial charge in [-0.25, -0.2) is 0 Å². The lowest BCUT2D eigenvalue weighted by atomic mass is 10.1. The molecule has 0 aliphatic carbocycles. The van der Waals surface area contributed by atoms with E-state index in [9.17, 15) is 13.2 Å². The van der Waals surface area contributed by atoms with E-state index >= 15 is 0 Å². The second kappa shape index (κ2) is 5.89. The first-order chi connectivity index (χ1) is 9.43. The molecule has 1 atom stereocenters. The molecular formula is C14H13ClF3NO. The highest BCUT2D eigenvalue weighted by atomic mass is 35.5. The van der Waals surface area contributed by atoms with E-state index in [1.165, 1.54) is 0 Å². The fourth-order valence-electron chi connectivity index (χ4n) is 1.85. The van der Waals surface area contributed by atoms with Crippen molar-refractivity contribution >= 4 is 22.4 Å². The smallest absolute Gasteiger partial charge is 0.396 e. The Balaban J connectivity index is 2.25. The van der Waals surface area contributed by atoms with Crippen LogP contribution in [0.2, 0.25) is 5.02 Å². The van der Waals surface area contributed by atoms with E-state index in [-0.39, 0.29) is 0 Å². The summed E-state index contributed by atoms with van der Waals surface area (Å²) in [5, 5.41) is 1.94. The van der Waals surface area contributed by atoms with Crippen LogP contribution in [0.5, 0.6) is 5.75 Å². The zero-order chi connectivity index (χ0) is 14.8. The van der Waals surface area contributed by atoms with Gasteiger partial charge < -0.3 is 10.5 Å². The zero-order valence-corrected chi connectivity index (χ0v) is 11.2. The summed E-state index contributed by atoms with van der Waals surface area (Å²) in [7, 11) is 0. The first-order valence-corrected chi connectivity index (χ1v) is 6.38. The van der Waals surface area contributed by atoms with Crippen LogP contribution < -0.4 is 10.5 Å². The normalized spacial score (nSPS) is 13.4. The minimum absolute atomic E-state index is 0.368. The van der Waals surface area contributed by atoms with Gasteiger partial charge in [0.25, 0.3) is 0 Å². The van der Waals surface area contributed by atoms with Crippen LogP contribution in [-0.4, -0.2) is 19.3 Å². The number of halogens is 4. The van der Waals surface area contributed by atoms with Crippen molar-refractivity contribution in [3.05, 3.63) is 41.4 Å². The van der Waals surface area contributed by atoms with Crippen molar-refractivity contribution in [2.75, 3.05) is 13.2 Å². The van der Waals surface area contributed by atoms with Crippen LogP contribution >= 0.6 is 11.6 Å². The van der Waals surface area contributed by atoms with Gasteiger partial charge in [0.15, 0.2) is 0 Å². The van der Waals surface area contributed by atoms with Crippen molar-refractivity contribution in [3.8, 4) is 5.75 Å². The molecule has 0 heterocycles. The van der Waals surface area contributed by atoms with Crippen LogP contribution in [-0.2, 0) is 0 Å². The molecule has 0 saturated heterocycles. The van der Waals surface area contributed by atoms with Crippen molar-refractivity contribution in [2.45, 2.75) is 6.18 Å². The lowest BCUT2D eigenvalue weighted by molar-refractivity contribution is -0.178. The summed E-state index contributed by atoms with van der Waals surface area (Å²) in [6, 6.07) is 10.3. The predicted molar refractivity (Wildman–Crippen MR) is 73.1 cm³/mol. The second-order valence-electron chi connectivity index (χ2n) is 4.38. The van der Waals surface area contributed by atoms with Crippen LogP contribution in [0, 0.1) is 5.92 Å². The largest absolute Gasteiger partial charge is 0.492 e. The molecule has 6 heteroatoms. The maximum Gasteiger partial charge on any atom is 0.396 e. The molecule has 0 spiro atoms. The lowest BCUT2D eigenvalue weighted by Crippen LogP contribution is -2.35. The Morgan fingerprint density at radius 3 is 2.35 bits per heavy atom. The van der Waals surface area contributed by atoms with E-state index in [1.807, 2.05) is 0 Å². The molecule has 2 nitrogen and oxygen atoms in total. The Labute approximate surface area is 119 Å². The summed E-state index contributed by atoms with van der Waals surface area (Å²) in [6.07, 6.45) is -4.36. The Hall–Kier alpha value is -1.46. The van der Waals surface area contributed by atoms with Crippen LogP contribution in [0.1, 0.15) is 0 Å². The fourth-order valence-corrected chi connectivity index (χ4v) is 2.07. The number of alkyl halides is 3. The van der Waals surface area contributed by atoms with Gasteiger partial charge in [-0.05, 0) is 12.1 Å². The number of hydrogen-bond acceptors (Lipinski definition) is 2. The number of fused-ring (bicyclic) bond motifs is 1. The summed E-state index contributed by atoms with van der Waals surface area (Å²) >= 11 is 6.04. The van der Waals surface area contributed by atoms with Crippen molar-refractivity contribution in [3.63, 3.8) is 0 Å². The number of rotatable bonds is 4. The summed E-state index contributed by atoms with van der Waals surface area (Å²) < 4.78 is 43.2. The molecule has 2 rings (SSSR count). The summed E-state index contributed by atoms with van der Waals surface area (Å²) in [6.45, 7) is -1.01. The average Bonchev–Trinajstić information content (AvgIpc) is 2.40. The Kier molecular flexibility index (Phi) is 4.40. The van der Waals surface area contributed by atoms with E-state index < -0.39 is 25.2 Å². The molecule has 0 aromatic heterocycles. The SMILES string of the molecule is NCC(COc1ccc(Cl)c2ccccc12)C(F)(F)F. The highest BCUT2D eigenvalue weighted by Crippen LogP contribution is 2.32. The zero-order valence-electron chi connectivity index (χ0n) is 10.5. The summed E-state index contributed by atoms with van der Waals surface area (Å²) in [5.74, 6) is -1.32. The van der Waals surface area contributed by atoms with E-state index in [1.54, 1.807) is 36.4 Å². The van der Waals surface area contributed by atoms with Crippen molar-refractivity contribution in [2.24, 2.45) is 11.7 Å². The van der Waals surface area contributed by atoms with E-state index in [0.717, 1.165) is 5.39 Å². The lowest BCUT2D eigenvalue weighted by Gasteiger charge is -2.19. The third-order valence-corrected chi connectivity index (χ3v) is 3.35. The molecule has 2 aromatic carbocycles. The third-order valence-electron chi connectivity index (χ3n) is 3.02. The Bertz CT molecular complexity index is 600. The van der Waals surface area contributed by atoms with Gasteiger partial charge in [0, 0.05) is 22.3 Å². The number of nitrogens with two attached hydrogens (primary N) is 1. The van der Waals surface area contributed by atoms with Crippen LogP contribution in [0.15, 0.2) is 36.4 Å². The molecule has 108 valence electrons. The van der Waals surface area contributed by atoms with Gasteiger partial charge >= 0.3 is 6.18 Å². The second-order valence-corrected chi connectivity index (χ2v) is 4.78. The van der Waals surface area contributed by atoms with Crippen LogP contribution in [0.25, 0.3) is 10.8 Å². The van der Waals surface area contributed by atoms with Gasteiger partial charge in [-0.15, -0.1) is 0 Å². The van der Waals surface area contributed by atoms with Gasteiger partial charge in [-0.1, -0.05) is 35.9 Å². The number of benzene rings is 2. The van der Waals surface area contributed by atoms with Gasteiger partial charge in [-0.2, -0.15) is 13.2 Å². The minimum Gasteiger partial charge on any atom is -0.492 e. The van der Waals surface area contributed by atoms with Gasteiger partial charge in [-0.3, -0.25) is 0 Å². The molecule has 2 N–H and O–H groups in total. The molecular weight excluding hydrogens is 291 g/mol. The average molecular weight is 304 g/mol. The molecule has 20 heavy (non-hydrogen) atoms. The first-order valence-electron chi connectivity index (χ1n) is 6.00. The molecule has 0 fully saturated rings. The molecule has 0 aliphatic heterocycles. The van der Waals surface area contributed by atoms with Gasteiger partial charge in [0.2, 0.25) is 0 Å². The number of hydrogen-bond donors (Lipinski definition) is 1. The van der Waals surface area contributed by atoms with Crippen molar-refractivity contribution in [1.82, 2.24) is 0 Å². The van der Waals surface area contributed by atoms with Crippen molar-refractivity contribution < 1.29 is 17.9 Å². The Morgan fingerprint density at radius 2 is 1.75 bits per heavy atom. The first kappa shape index (κ1) is 14.9. The summed E-state index contributed by atoms with van der Waals surface area (Å²) in [5.41, 5.74) is 5.14. The standard InChI is InChI=1S/C14H13ClF3NO/c15-12-5-6-13(11-4-2-1-3-10(11)12)20-8-9(7-19)14(16,17)18/h1-6,9H,7-8,19H2. The highest BCUT2D eigenvalue weighted by Gasteiger charge is 2.39. The van der Waals surface area contributed by atoms with E-state index in [0.29, 0.717) is 16.2 Å². The molecule has 1 unspecified atom stereocenters. The van der Waals surface area contributed by atoms with Gasteiger partial charge in [0.1, 0.15) is 18.3 Å². The molecule has 0 amide bonds. The molecule has 0 bridgehead atoms. The van der Waals surface area contributed by atoms with E-state index in [4.69, 9.17) is 22.1 Å². The van der Waals surface area contributed by atoms with Gasteiger partial charge in [0.05, 0.1) is 0 Å². The fraction of sp³-hybridized carbons (Fsp3) is 0.286. The topological polar surface area (TPSA) is 35.2 Å². The third kappa shape index (κ3) is 3.16. The molecule has 0 aliphatic rings. The quantitative estimate of drug-likeness (QED) is 0.926. The van der Waals surface area contributed by atoms with Crippen molar-refractivity contribution in [1.29, 1.82) is 0 Å². The highest BCUT2D eigenvalue weighted by molar-refractivity contribution is 6.35. The van der Waals surface area contributed by atoms with Crippen LogP contribution in [0.4, 0.5) is 13.2 Å². The monoisotopic (exact) mass is 303 g/mol. The molecule has 0 saturated carbocycles. The molecule has 0 radical (unpaired) electrons. The van der Waals surface area contributed by atoms with Crippen LogP contribution in [0.3, 0.4) is 0 Å². The number of ether oxygens (including phenoxy) is 1. The maximum atomic E-state index is 12.6.